The van der Waals surface area contributed by atoms with Gasteiger partial charge < -0.3 is 14.2 Å². The maximum absolute atomic E-state index is 12.9. The zero-order chi connectivity index (χ0) is 55.7. The highest BCUT2D eigenvalue weighted by atomic mass is 16.6. The number of unbranched alkanes of at least 4 members (excludes halogenated alkanes) is 26. The molecule has 0 radical (unpaired) electrons. The van der Waals surface area contributed by atoms with Crippen LogP contribution in [0.1, 0.15) is 290 Å². The topological polar surface area (TPSA) is 78.9 Å². The Kier molecular flexibility index (Phi) is 60.8. The highest BCUT2D eigenvalue weighted by molar-refractivity contribution is 5.71. The lowest BCUT2D eigenvalue weighted by Crippen LogP contribution is -2.30. The number of carbonyl (C=O) groups is 3. The fourth-order valence-electron chi connectivity index (χ4n) is 8.67. The molecule has 0 aromatic heterocycles. The molecule has 0 N–H and O–H groups in total. The lowest BCUT2D eigenvalue weighted by atomic mass is 10.0. The van der Waals surface area contributed by atoms with Crippen LogP contribution in [-0.2, 0) is 28.6 Å². The van der Waals surface area contributed by atoms with Crippen molar-refractivity contribution in [1.82, 2.24) is 0 Å². The lowest BCUT2D eigenvalue weighted by molar-refractivity contribution is -0.167. The molecule has 0 aliphatic heterocycles. The van der Waals surface area contributed by atoms with E-state index in [1.165, 1.54) is 103 Å². The first-order chi connectivity index (χ1) is 38.0. The maximum atomic E-state index is 12.9. The highest BCUT2D eigenvalue weighted by Gasteiger charge is 2.19. The van der Waals surface area contributed by atoms with Gasteiger partial charge in [0.25, 0.3) is 0 Å². The predicted octanol–water partition coefficient (Wildman–Crippen LogP) is 22.0. The van der Waals surface area contributed by atoms with E-state index in [0.717, 1.165) is 148 Å². The van der Waals surface area contributed by atoms with Crippen LogP contribution in [0.2, 0.25) is 0 Å². The van der Waals surface area contributed by atoms with E-state index in [1.54, 1.807) is 0 Å². The Morgan fingerprint density at radius 3 is 0.818 bits per heavy atom. The molecule has 0 fully saturated rings. The zero-order valence-corrected chi connectivity index (χ0v) is 50.2. The molecule has 1 unspecified atom stereocenters. The van der Waals surface area contributed by atoms with Crippen LogP contribution in [0.3, 0.4) is 0 Å². The Morgan fingerprint density at radius 2 is 0.506 bits per heavy atom. The normalized spacial score (nSPS) is 12.9. The van der Waals surface area contributed by atoms with Gasteiger partial charge >= 0.3 is 17.9 Å². The summed E-state index contributed by atoms with van der Waals surface area (Å²) in [5.41, 5.74) is 0. The van der Waals surface area contributed by atoms with E-state index in [4.69, 9.17) is 14.2 Å². The van der Waals surface area contributed by atoms with E-state index in [1.807, 2.05) is 0 Å². The standard InChI is InChI=1S/C71H118O6/c1-4-7-10-13-16-19-22-25-27-28-29-30-31-32-33-34-35-36-37-38-39-40-41-42-44-46-49-52-55-58-61-64-70(73)76-67-68(66-75-69(72)63-60-57-54-51-48-45-24-21-18-15-12-9-6-3)77-71(74)65-62-59-56-53-50-47-43-26-23-20-17-14-11-8-5-2/h7,10,16-17,19-20,25-27,29-30,32-33,35-36,38-39,41-43,68H,4-6,8-9,11-15,18,21-24,28,31,34,37,40,44-67H2,1-3H3/b10-7-,19-16-,20-17-,27-25-,30-29-,33-32-,36-35-,39-38-,42-41-,43-26-. The van der Waals surface area contributed by atoms with E-state index >= 15 is 0 Å². The van der Waals surface area contributed by atoms with Crippen molar-refractivity contribution in [3.8, 4) is 0 Å². The minimum Gasteiger partial charge on any atom is -0.462 e. The van der Waals surface area contributed by atoms with Gasteiger partial charge in [-0.3, -0.25) is 14.4 Å². The minimum absolute atomic E-state index is 0.0879. The maximum Gasteiger partial charge on any atom is 0.306 e. The fraction of sp³-hybridized carbons (Fsp3) is 0.676. The summed E-state index contributed by atoms with van der Waals surface area (Å²) in [7, 11) is 0. The summed E-state index contributed by atoms with van der Waals surface area (Å²) in [6, 6.07) is 0. The molecule has 0 aromatic rings. The average molecular weight is 1070 g/mol. The van der Waals surface area contributed by atoms with Gasteiger partial charge in [-0.25, -0.2) is 0 Å². The summed E-state index contributed by atoms with van der Waals surface area (Å²) in [4.78, 5) is 38.2. The highest BCUT2D eigenvalue weighted by Crippen LogP contribution is 2.15. The second-order valence-corrected chi connectivity index (χ2v) is 20.9. The molecule has 0 amide bonds. The van der Waals surface area contributed by atoms with Gasteiger partial charge in [-0.1, -0.05) is 277 Å². The number of carbonyl (C=O) groups excluding carboxylic acids is 3. The van der Waals surface area contributed by atoms with Crippen molar-refractivity contribution in [2.45, 2.75) is 297 Å². The minimum atomic E-state index is -0.793. The van der Waals surface area contributed by atoms with E-state index in [2.05, 4.69) is 142 Å². The summed E-state index contributed by atoms with van der Waals surface area (Å²) < 4.78 is 16.9. The van der Waals surface area contributed by atoms with Gasteiger partial charge in [0.1, 0.15) is 13.2 Å². The molecule has 77 heavy (non-hydrogen) atoms. The molecule has 0 aliphatic rings. The van der Waals surface area contributed by atoms with Crippen LogP contribution in [0.5, 0.6) is 0 Å². The summed E-state index contributed by atoms with van der Waals surface area (Å²) in [6.07, 6.45) is 89.1. The summed E-state index contributed by atoms with van der Waals surface area (Å²) in [6.45, 7) is 6.49. The van der Waals surface area contributed by atoms with Crippen LogP contribution < -0.4 is 0 Å². The molecule has 0 saturated heterocycles. The van der Waals surface area contributed by atoms with Crippen molar-refractivity contribution in [1.29, 1.82) is 0 Å². The van der Waals surface area contributed by atoms with Crippen LogP contribution in [0.25, 0.3) is 0 Å². The Morgan fingerprint density at radius 1 is 0.273 bits per heavy atom. The molecular weight excluding hydrogens is 949 g/mol. The monoisotopic (exact) mass is 1070 g/mol. The third-order valence-electron chi connectivity index (χ3n) is 13.5. The summed E-state index contributed by atoms with van der Waals surface area (Å²) in [5, 5.41) is 0. The number of esters is 3. The quantitative estimate of drug-likeness (QED) is 0.0261. The van der Waals surface area contributed by atoms with E-state index in [-0.39, 0.29) is 31.1 Å². The summed E-state index contributed by atoms with van der Waals surface area (Å²) >= 11 is 0. The van der Waals surface area contributed by atoms with Crippen LogP contribution in [0.15, 0.2) is 122 Å². The first-order valence-corrected chi connectivity index (χ1v) is 32.0. The lowest BCUT2D eigenvalue weighted by Gasteiger charge is -2.18. The molecule has 0 rings (SSSR count). The van der Waals surface area contributed by atoms with Gasteiger partial charge in [0.15, 0.2) is 6.10 Å². The zero-order valence-electron chi connectivity index (χ0n) is 50.2. The molecule has 0 aromatic carbocycles. The molecule has 0 bridgehead atoms. The van der Waals surface area contributed by atoms with Gasteiger partial charge in [-0.2, -0.15) is 0 Å². The van der Waals surface area contributed by atoms with Crippen molar-refractivity contribution < 1.29 is 28.6 Å². The van der Waals surface area contributed by atoms with E-state index < -0.39 is 6.10 Å². The molecule has 6 nitrogen and oxygen atoms in total. The smallest absolute Gasteiger partial charge is 0.306 e. The number of hydrogen-bond acceptors (Lipinski definition) is 6. The van der Waals surface area contributed by atoms with Gasteiger partial charge in [0, 0.05) is 19.3 Å². The third-order valence-corrected chi connectivity index (χ3v) is 13.5. The van der Waals surface area contributed by atoms with Gasteiger partial charge in [-0.15, -0.1) is 0 Å². The van der Waals surface area contributed by atoms with Crippen LogP contribution in [-0.4, -0.2) is 37.2 Å². The van der Waals surface area contributed by atoms with Crippen molar-refractivity contribution in [3.05, 3.63) is 122 Å². The van der Waals surface area contributed by atoms with Gasteiger partial charge in [0.05, 0.1) is 0 Å². The van der Waals surface area contributed by atoms with Crippen LogP contribution in [0, 0.1) is 0 Å². The molecule has 6 heteroatoms. The van der Waals surface area contributed by atoms with Crippen LogP contribution in [0.4, 0.5) is 0 Å². The Labute approximate surface area is 475 Å². The number of allylic oxidation sites excluding steroid dienone is 20. The largest absolute Gasteiger partial charge is 0.462 e. The van der Waals surface area contributed by atoms with E-state index in [0.29, 0.717) is 19.3 Å². The number of ether oxygens (including phenoxy) is 3. The first kappa shape index (κ1) is 72.8. The molecule has 438 valence electrons. The van der Waals surface area contributed by atoms with Crippen molar-refractivity contribution >= 4 is 17.9 Å². The fourth-order valence-corrected chi connectivity index (χ4v) is 8.67. The molecule has 1 atom stereocenters. The van der Waals surface area contributed by atoms with Crippen molar-refractivity contribution in [2.75, 3.05) is 13.2 Å². The summed E-state index contributed by atoms with van der Waals surface area (Å²) in [5.74, 6) is -0.912. The van der Waals surface area contributed by atoms with E-state index in [9.17, 15) is 14.4 Å². The molecular formula is C71H118O6. The number of hydrogen-bond donors (Lipinski definition) is 0. The molecule has 0 aliphatic carbocycles. The Balaban J connectivity index is 4.32. The van der Waals surface area contributed by atoms with Crippen molar-refractivity contribution in [3.63, 3.8) is 0 Å². The van der Waals surface area contributed by atoms with Gasteiger partial charge in [0.2, 0.25) is 0 Å². The molecule has 0 spiro atoms. The number of rotatable bonds is 57. The average Bonchev–Trinajstić information content (AvgIpc) is 3.43. The molecule has 0 saturated carbocycles. The SMILES string of the molecule is CC/C=C\C/C=C\C/C=C\C/C=C\C/C=C\C/C=C\C/C=C\C/C=C\CCCCCCCCC(=O)OCC(COC(=O)CCCCCCCCCCCCCCC)OC(=O)CCCCCCC/C=C\C/C=C\CCCCC. The second kappa shape index (κ2) is 64.3. The second-order valence-electron chi connectivity index (χ2n) is 20.9. The van der Waals surface area contributed by atoms with Crippen molar-refractivity contribution in [2.24, 2.45) is 0 Å². The predicted molar refractivity (Wildman–Crippen MR) is 334 cm³/mol. The first-order valence-electron chi connectivity index (χ1n) is 32.0. The van der Waals surface area contributed by atoms with Gasteiger partial charge in [-0.05, 0) is 116 Å². The molecule has 0 heterocycles. The Bertz CT molecular complexity index is 1600. The van der Waals surface area contributed by atoms with Crippen LogP contribution >= 0.6 is 0 Å². The third kappa shape index (κ3) is 62.5. The Hall–Kier alpha value is -4.19.